The van der Waals surface area contributed by atoms with Crippen LogP contribution in [0.15, 0.2) is 64.8 Å². The average molecular weight is 454 g/mol. The Hall–Kier alpha value is -2.97. The summed E-state index contributed by atoms with van der Waals surface area (Å²) in [6.07, 6.45) is 0. The molecule has 5 nitrogen and oxygen atoms in total. The summed E-state index contributed by atoms with van der Waals surface area (Å²) in [5, 5.41) is 5.06. The molecule has 0 saturated heterocycles. The predicted octanol–water partition coefficient (Wildman–Crippen LogP) is 4.73. The molecule has 2 aromatic heterocycles. The van der Waals surface area contributed by atoms with E-state index in [9.17, 15) is 14.0 Å². The number of H-pyrrole nitrogens is 1. The lowest BCUT2D eigenvalue weighted by atomic mass is 10.1. The molecule has 8 heteroatoms. The maximum absolute atomic E-state index is 13.0. The van der Waals surface area contributed by atoms with Crippen LogP contribution in [0, 0.1) is 5.82 Å². The largest absolute Gasteiger partial charge is 0.351 e. The van der Waals surface area contributed by atoms with Gasteiger partial charge in [-0.05, 0) is 30.2 Å². The zero-order valence-electron chi connectivity index (χ0n) is 16.7. The topological polar surface area (TPSA) is 74.8 Å². The summed E-state index contributed by atoms with van der Waals surface area (Å²) in [7, 11) is 0. The van der Waals surface area contributed by atoms with Crippen molar-refractivity contribution in [2.75, 3.05) is 0 Å². The number of nitrogens with one attached hydrogen (secondary N) is 2. The van der Waals surface area contributed by atoms with E-state index in [2.05, 4.69) is 15.3 Å². The third kappa shape index (κ3) is 5.03. The number of hydrogen-bond donors (Lipinski definition) is 2. The first-order valence-corrected chi connectivity index (χ1v) is 11.6. The van der Waals surface area contributed by atoms with Gasteiger partial charge in [0.2, 0.25) is 5.91 Å². The second kappa shape index (κ2) is 9.45. The minimum atomic E-state index is -0.329. The number of aromatic amines is 1. The Balaban J connectivity index is 1.40. The molecule has 0 fully saturated rings. The molecule has 0 aliphatic carbocycles. The van der Waals surface area contributed by atoms with E-state index >= 15 is 0 Å². The van der Waals surface area contributed by atoms with Gasteiger partial charge in [0.1, 0.15) is 16.5 Å². The molecule has 31 heavy (non-hydrogen) atoms. The molecule has 0 aliphatic rings. The first kappa shape index (κ1) is 21.3. The van der Waals surface area contributed by atoms with Gasteiger partial charge < -0.3 is 10.3 Å². The lowest BCUT2D eigenvalue weighted by Gasteiger charge is -2.12. The van der Waals surface area contributed by atoms with Crippen molar-refractivity contribution in [1.82, 2.24) is 15.3 Å². The van der Waals surface area contributed by atoms with Gasteiger partial charge in [-0.2, -0.15) is 0 Å². The number of carbonyl (C=O) groups is 1. The smallest absolute Gasteiger partial charge is 0.260 e. The normalized spacial score (nSPS) is 12.1. The molecular weight excluding hydrogens is 433 g/mol. The molecule has 2 aromatic carbocycles. The number of aromatic nitrogens is 2. The summed E-state index contributed by atoms with van der Waals surface area (Å²) in [5.74, 6) is 0.524. The molecule has 0 spiro atoms. The Labute approximate surface area is 186 Å². The van der Waals surface area contributed by atoms with E-state index < -0.39 is 0 Å². The van der Waals surface area contributed by atoms with Crippen molar-refractivity contribution in [3.8, 4) is 11.1 Å². The van der Waals surface area contributed by atoms with Crippen molar-refractivity contribution in [3.05, 3.63) is 87.5 Å². The van der Waals surface area contributed by atoms with Crippen LogP contribution in [0.5, 0.6) is 0 Å². The lowest BCUT2D eigenvalue weighted by Crippen LogP contribution is -2.30. The number of nitrogens with zero attached hydrogens (tertiary/aromatic N) is 1. The van der Waals surface area contributed by atoms with Gasteiger partial charge in [0.25, 0.3) is 5.56 Å². The monoisotopic (exact) mass is 453 g/mol. The number of thioether (sulfide) groups is 1. The number of amides is 1. The van der Waals surface area contributed by atoms with Gasteiger partial charge in [0.15, 0.2) is 0 Å². The number of thiophene rings is 1. The van der Waals surface area contributed by atoms with Gasteiger partial charge in [-0.15, -0.1) is 23.1 Å². The highest BCUT2D eigenvalue weighted by Gasteiger charge is 2.16. The summed E-state index contributed by atoms with van der Waals surface area (Å²) in [4.78, 5) is 33.2. The Bertz CT molecular complexity index is 1250. The Morgan fingerprint density at radius 1 is 1.19 bits per heavy atom. The Morgan fingerprint density at radius 3 is 2.68 bits per heavy atom. The first-order valence-electron chi connectivity index (χ1n) is 9.71. The molecule has 0 saturated carbocycles. The van der Waals surface area contributed by atoms with Crippen molar-refractivity contribution < 1.29 is 9.18 Å². The standard InChI is InChI=1S/C23H20FN3O2S2/c1-14(21(28)25-11-15-7-9-17(24)10-8-15)30-13-19-26-22(29)20-18(12-31-23(20)27-19)16-5-3-2-4-6-16/h2-10,12,14H,11,13H2,1H3,(H,25,28)(H,26,27,29). The van der Waals surface area contributed by atoms with Crippen LogP contribution in [0.1, 0.15) is 18.3 Å². The second-order valence-electron chi connectivity index (χ2n) is 7.01. The van der Waals surface area contributed by atoms with Crippen LogP contribution in [0.2, 0.25) is 0 Å². The molecule has 1 atom stereocenters. The SMILES string of the molecule is CC(SCc1nc2scc(-c3ccccc3)c2c(=O)[nH]1)C(=O)NCc1ccc(F)cc1. The average Bonchev–Trinajstić information content (AvgIpc) is 3.22. The molecule has 1 unspecified atom stereocenters. The highest BCUT2D eigenvalue weighted by atomic mass is 32.2. The van der Waals surface area contributed by atoms with Gasteiger partial charge in [-0.25, -0.2) is 9.37 Å². The van der Waals surface area contributed by atoms with Crippen molar-refractivity contribution in [2.45, 2.75) is 24.5 Å². The fraction of sp³-hybridized carbons (Fsp3) is 0.174. The van der Waals surface area contributed by atoms with Crippen LogP contribution in [-0.2, 0) is 17.1 Å². The molecule has 0 radical (unpaired) electrons. The fourth-order valence-electron chi connectivity index (χ4n) is 3.11. The van der Waals surface area contributed by atoms with Crippen molar-refractivity contribution in [1.29, 1.82) is 0 Å². The number of hydrogen-bond acceptors (Lipinski definition) is 5. The van der Waals surface area contributed by atoms with E-state index in [-0.39, 0.29) is 22.5 Å². The molecular formula is C23H20FN3O2S2. The quantitative estimate of drug-likeness (QED) is 0.424. The zero-order chi connectivity index (χ0) is 21.8. The second-order valence-corrected chi connectivity index (χ2v) is 9.19. The third-order valence-corrected chi connectivity index (χ3v) is 6.82. The molecule has 0 bridgehead atoms. The van der Waals surface area contributed by atoms with Crippen LogP contribution in [0.4, 0.5) is 4.39 Å². The third-order valence-electron chi connectivity index (χ3n) is 4.80. The van der Waals surface area contributed by atoms with Crippen LogP contribution < -0.4 is 10.9 Å². The van der Waals surface area contributed by atoms with E-state index in [1.807, 2.05) is 35.7 Å². The zero-order valence-corrected chi connectivity index (χ0v) is 18.4. The molecule has 2 heterocycles. The fourth-order valence-corrected chi connectivity index (χ4v) is 4.85. The molecule has 0 aliphatic heterocycles. The van der Waals surface area contributed by atoms with Gasteiger partial charge in [0, 0.05) is 17.5 Å². The maximum atomic E-state index is 13.0. The summed E-state index contributed by atoms with van der Waals surface area (Å²) < 4.78 is 13.0. The van der Waals surface area contributed by atoms with E-state index in [1.165, 1.54) is 35.2 Å². The van der Waals surface area contributed by atoms with Gasteiger partial charge in [-0.1, -0.05) is 42.5 Å². The summed E-state index contributed by atoms with van der Waals surface area (Å²) >= 11 is 2.83. The van der Waals surface area contributed by atoms with Crippen molar-refractivity contribution in [3.63, 3.8) is 0 Å². The first-order chi connectivity index (χ1) is 15.0. The number of rotatable bonds is 7. The minimum Gasteiger partial charge on any atom is -0.351 e. The summed E-state index contributed by atoms with van der Waals surface area (Å²) in [6, 6.07) is 15.8. The van der Waals surface area contributed by atoms with E-state index in [1.54, 1.807) is 19.1 Å². The van der Waals surface area contributed by atoms with E-state index in [4.69, 9.17) is 0 Å². The van der Waals surface area contributed by atoms with Crippen LogP contribution in [0.3, 0.4) is 0 Å². The molecule has 2 N–H and O–H groups in total. The molecule has 4 aromatic rings. The summed E-state index contributed by atoms with van der Waals surface area (Å²) in [6.45, 7) is 2.14. The highest BCUT2D eigenvalue weighted by molar-refractivity contribution is 7.99. The van der Waals surface area contributed by atoms with Gasteiger partial charge in [-0.3, -0.25) is 9.59 Å². The van der Waals surface area contributed by atoms with Crippen molar-refractivity contribution >= 4 is 39.2 Å². The maximum Gasteiger partial charge on any atom is 0.260 e. The number of carbonyl (C=O) groups excluding carboxylic acids is 1. The van der Waals surface area contributed by atoms with Crippen LogP contribution >= 0.6 is 23.1 Å². The summed E-state index contributed by atoms with van der Waals surface area (Å²) in [5.41, 5.74) is 2.51. The Kier molecular flexibility index (Phi) is 6.48. The Morgan fingerprint density at radius 2 is 1.94 bits per heavy atom. The number of benzene rings is 2. The van der Waals surface area contributed by atoms with Crippen LogP contribution in [0.25, 0.3) is 21.3 Å². The lowest BCUT2D eigenvalue weighted by molar-refractivity contribution is -0.120. The number of halogens is 1. The highest BCUT2D eigenvalue weighted by Crippen LogP contribution is 2.30. The molecule has 4 rings (SSSR count). The minimum absolute atomic E-state index is 0.125. The van der Waals surface area contributed by atoms with Crippen LogP contribution in [-0.4, -0.2) is 21.1 Å². The van der Waals surface area contributed by atoms with Gasteiger partial charge >= 0.3 is 0 Å². The van der Waals surface area contributed by atoms with Gasteiger partial charge in [0.05, 0.1) is 16.4 Å². The van der Waals surface area contributed by atoms with Crippen molar-refractivity contribution in [2.24, 2.45) is 0 Å². The predicted molar refractivity (Wildman–Crippen MR) is 125 cm³/mol. The molecule has 158 valence electrons. The van der Waals surface area contributed by atoms with E-state index in [0.29, 0.717) is 28.3 Å². The number of fused-ring (bicyclic) bond motifs is 1. The van der Waals surface area contributed by atoms with E-state index in [0.717, 1.165) is 16.7 Å². The molecule has 1 amide bonds.